The van der Waals surface area contributed by atoms with Crippen molar-refractivity contribution >= 4 is 28.2 Å². The van der Waals surface area contributed by atoms with Gasteiger partial charge in [-0.15, -0.1) is 0 Å². The van der Waals surface area contributed by atoms with E-state index in [2.05, 4.69) is 10.3 Å². The number of nitrogens with two attached hydrogens (primary N) is 1. The number of aryl methyl sites for hydroxylation is 1. The van der Waals surface area contributed by atoms with Gasteiger partial charge >= 0.3 is 0 Å². The summed E-state index contributed by atoms with van der Waals surface area (Å²) >= 11 is 0. The first-order valence-electron chi connectivity index (χ1n) is 6.49. The number of anilines is 2. The lowest BCUT2D eigenvalue weighted by Gasteiger charge is -2.05. The van der Waals surface area contributed by atoms with Crippen LogP contribution in [0.3, 0.4) is 0 Å². The van der Waals surface area contributed by atoms with Gasteiger partial charge in [-0.2, -0.15) is 0 Å². The molecule has 0 aliphatic heterocycles. The zero-order valence-corrected chi connectivity index (χ0v) is 11.4. The highest BCUT2D eigenvalue weighted by Gasteiger charge is 2.13. The van der Waals surface area contributed by atoms with Crippen LogP contribution in [-0.2, 0) is 0 Å². The average Bonchev–Trinajstić information content (AvgIpc) is 2.87. The third-order valence-electron chi connectivity index (χ3n) is 3.31. The molecule has 1 aromatic heterocycles. The van der Waals surface area contributed by atoms with Gasteiger partial charge in [0.05, 0.1) is 16.9 Å². The predicted molar refractivity (Wildman–Crippen MR) is 81.8 cm³/mol. The number of aromatic amines is 1. The minimum absolute atomic E-state index is 0.150. The van der Waals surface area contributed by atoms with Gasteiger partial charge < -0.3 is 16.0 Å². The number of carbonyl (C=O) groups is 1. The Hall–Kier alpha value is -2.82. The van der Waals surface area contributed by atoms with E-state index in [1.54, 1.807) is 31.2 Å². The van der Waals surface area contributed by atoms with Crippen LogP contribution in [-0.4, -0.2) is 10.9 Å². The summed E-state index contributed by atoms with van der Waals surface area (Å²) in [7, 11) is 0. The summed E-state index contributed by atoms with van der Waals surface area (Å²) in [6.07, 6.45) is 0. The van der Waals surface area contributed by atoms with Gasteiger partial charge in [-0.1, -0.05) is 18.2 Å². The Morgan fingerprint density at radius 1 is 1.24 bits per heavy atom. The van der Waals surface area contributed by atoms with Gasteiger partial charge in [-0.25, -0.2) is 4.39 Å². The predicted octanol–water partition coefficient (Wildman–Crippen LogP) is 3.45. The highest BCUT2D eigenvalue weighted by Crippen LogP contribution is 2.22. The fraction of sp³-hybridized carbons (Fsp3) is 0.0625. The average molecular weight is 283 g/mol. The van der Waals surface area contributed by atoms with Gasteiger partial charge in [0, 0.05) is 5.39 Å². The summed E-state index contributed by atoms with van der Waals surface area (Å²) in [5, 5.41) is 3.39. The van der Waals surface area contributed by atoms with Crippen molar-refractivity contribution in [1.82, 2.24) is 4.98 Å². The number of hydrogen-bond acceptors (Lipinski definition) is 2. The molecule has 0 aliphatic rings. The lowest BCUT2D eigenvalue weighted by molar-refractivity contribution is 0.102. The Morgan fingerprint density at radius 2 is 2.05 bits per heavy atom. The summed E-state index contributed by atoms with van der Waals surface area (Å²) in [5.41, 5.74) is 8.39. The molecule has 0 atom stereocenters. The fourth-order valence-corrected chi connectivity index (χ4v) is 2.21. The standard InChI is InChI=1S/C16H14FN3O/c1-9-5-6-13(11(17)7-9)20-16(21)14-8-10-3-2-4-12(18)15(10)19-14/h2-8,19H,18H2,1H3,(H,20,21). The molecule has 3 aromatic rings. The van der Waals surface area contributed by atoms with Crippen LogP contribution in [0.2, 0.25) is 0 Å². The molecule has 0 fully saturated rings. The van der Waals surface area contributed by atoms with E-state index in [-0.39, 0.29) is 5.69 Å². The van der Waals surface area contributed by atoms with Crippen molar-refractivity contribution in [3.05, 3.63) is 59.5 Å². The monoisotopic (exact) mass is 283 g/mol. The Labute approximate surface area is 120 Å². The topological polar surface area (TPSA) is 70.9 Å². The van der Waals surface area contributed by atoms with Crippen molar-refractivity contribution in [2.24, 2.45) is 0 Å². The summed E-state index contributed by atoms with van der Waals surface area (Å²) in [5.74, 6) is -0.868. The normalized spacial score (nSPS) is 10.8. The molecule has 1 amide bonds. The molecule has 1 heterocycles. The molecule has 2 aromatic carbocycles. The Balaban J connectivity index is 1.92. The van der Waals surface area contributed by atoms with Crippen molar-refractivity contribution < 1.29 is 9.18 Å². The Morgan fingerprint density at radius 3 is 2.76 bits per heavy atom. The first kappa shape index (κ1) is 13.2. The van der Waals surface area contributed by atoms with Crippen LogP contribution in [0.25, 0.3) is 10.9 Å². The summed E-state index contributed by atoms with van der Waals surface area (Å²) in [4.78, 5) is 15.1. The molecule has 5 heteroatoms. The number of nitrogens with one attached hydrogen (secondary N) is 2. The number of para-hydroxylation sites is 1. The quantitative estimate of drug-likeness (QED) is 0.630. The molecule has 21 heavy (non-hydrogen) atoms. The Bertz CT molecular complexity index is 839. The minimum Gasteiger partial charge on any atom is -0.397 e. The van der Waals surface area contributed by atoms with Crippen molar-refractivity contribution in [3.8, 4) is 0 Å². The number of aromatic nitrogens is 1. The van der Waals surface area contributed by atoms with Gasteiger partial charge in [0.25, 0.3) is 5.91 Å². The van der Waals surface area contributed by atoms with Gasteiger partial charge in [0.2, 0.25) is 0 Å². The van der Waals surface area contributed by atoms with Crippen LogP contribution in [0.1, 0.15) is 16.1 Å². The number of rotatable bonds is 2. The third-order valence-corrected chi connectivity index (χ3v) is 3.31. The maximum absolute atomic E-state index is 13.8. The highest BCUT2D eigenvalue weighted by molar-refractivity contribution is 6.07. The number of hydrogen-bond donors (Lipinski definition) is 3. The minimum atomic E-state index is -0.459. The largest absolute Gasteiger partial charge is 0.397 e. The van der Waals surface area contributed by atoms with E-state index in [1.165, 1.54) is 6.07 Å². The molecule has 4 nitrogen and oxygen atoms in total. The first-order chi connectivity index (χ1) is 10.0. The fourth-order valence-electron chi connectivity index (χ4n) is 2.21. The summed E-state index contributed by atoms with van der Waals surface area (Å²) in [6, 6.07) is 11.8. The van der Waals surface area contributed by atoms with Crippen molar-refractivity contribution in [3.63, 3.8) is 0 Å². The zero-order chi connectivity index (χ0) is 15.0. The number of amides is 1. The summed E-state index contributed by atoms with van der Waals surface area (Å²) < 4.78 is 13.8. The molecule has 0 spiro atoms. The molecule has 0 bridgehead atoms. The maximum Gasteiger partial charge on any atom is 0.272 e. The van der Waals surface area contributed by atoms with Crippen LogP contribution in [0.15, 0.2) is 42.5 Å². The van der Waals surface area contributed by atoms with Crippen LogP contribution in [0.4, 0.5) is 15.8 Å². The van der Waals surface area contributed by atoms with E-state index in [1.807, 2.05) is 12.1 Å². The van der Waals surface area contributed by atoms with E-state index in [4.69, 9.17) is 5.73 Å². The second-order valence-corrected chi connectivity index (χ2v) is 4.93. The second kappa shape index (κ2) is 4.94. The number of nitrogen functional groups attached to an aromatic ring is 1. The molecule has 0 radical (unpaired) electrons. The van der Waals surface area contributed by atoms with E-state index >= 15 is 0 Å². The van der Waals surface area contributed by atoms with Crippen LogP contribution in [0, 0.1) is 12.7 Å². The SMILES string of the molecule is Cc1ccc(NC(=O)c2cc3cccc(N)c3[nH]2)c(F)c1. The highest BCUT2D eigenvalue weighted by atomic mass is 19.1. The lowest BCUT2D eigenvalue weighted by Crippen LogP contribution is -2.13. The van der Waals surface area contributed by atoms with Crippen molar-refractivity contribution in [2.75, 3.05) is 11.1 Å². The number of halogens is 1. The van der Waals surface area contributed by atoms with E-state index in [0.717, 1.165) is 10.9 Å². The molecule has 106 valence electrons. The van der Waals surface area contributed by atoms with Gasteiger partial charge in [0.15, 0.2) is 0 Å². The molecule has 4 N–H and O–H groups in total. The molecule has 0 unspecified atom stereocenters. The number of carbonyl (C=O) groups excluding carboxylic acids is 1. The van der Waals surface area contributed by atoms with E-state index < -0.39 is 11.7 Å². The molecular weight excluding hydrogens is 269 g/mol. The smallest absolute Gasteiger partial charge is 0.272 e. The van der Waals surface area contributed by atoms with Crippen LogP contribution in [0.5, 0.6) is 0 Å². The van der Waals surface area contributed by atoms with Crippen LogP contribution < -0.4 is 11.1 Å². The van der Waals surface area contributed by atoms with Crippen LogP contribution >= 0.6 is 0 Å². The van der Waals surface area contributed by atoms with Gasteiger partial charge in [-0.05, 0) is 36.8 Å². The van der Waals surface area contributed by atoms with E-state index in [0.29, 0.717) is 16.9 Å². The number of benzene rings is 2. The molecule has 0 saturated carbocycles. The number of fused-ring (bicyclic) bond motifs is 1. The third kappa shape index (κ3) is 2.45. The summed E-state index contributed by atoms with van der Waals surface area (Å²) in [6.45, 7) is 1.79. The van der Waals surface area contributed by atoms with Crippen molar-refractivity contribution in [2.45, 2.75) is 6.92 Å². The Kier molecular flexibility index (Phi) is 3.10. The number of H-pyrrole nitrogens is 1. The lowest BCUT2D eigenvalue weighted by atomic mass is 10.2. The van der Waals surface area contributed by atoms with Crippen molar-refractivity contribution in [1.29, 1.82) is 0 Å². The molecule has 0 aliphatic carbocycles. The van der Waals surface area contributed by atoms with Gasteiger partial charge in [-0.3, -0.25) is 4.79 Å². The molecule has 3 rings (SSSR count). The maximum atomic E-state index is 13.8. The molecule has 0 saturated heterocycles. The van der Waals surface area contributed by atoms with E-state index in [9.17, 15) is 9.18 Å². The molecular formula is C16H14FN3O. The first-order valence-corrected chi connectivity index (χ1v) is 6.49. The zero-order valence-electron chi connectivity index (χ0n) is 11.4. The van der Waals surface area contributed by atoms with Gasteiger partial charge in [0.1, 0.15) is 11.5 Å². The second-order valence-electron chi connectivity index (χ2n) is 4.93.